The zero-order valence-electron chi connectivity index (χ0n) is 9.92. The molecule has 0 aliphatic rings. The monoisotopic (exact) mass is 243 g/mol. The van der Waals surface area contributed by atoms with Gasteiger partial charge >= 0.3 is 0 Å². The van der Waals surface area contributed by atoms with Crippen LogP contribution in [0, 0.1) is 5.82 Å². The van der Waals surface area contributed by atoms with Crippen LogP contribution in [-0.4, -0.2) is 8.96 Å². The van der Waals surface area contributed by atoms with E-state index in [4.69, 9.17) is 5.73 Å². The van der Waals surface area contributed by atoms with E-state index < -0.39 is 10.8 Å². The number of benzene rings is 1. The number of rotatable bonds is 3. The molecule has 4 heteroatoms. The number of halogens is 1. The van der Waals surface area contributed by atoms with Gasteiger partial charge in [-0.05, 0) is 20.8 Å². The number of hydrogen-bond acceptors (Lipinski definition) is 2. The Labute approximate surface area is 98.5 Å². The first-order valence-electron chi connectivity index (χ1n) is 5.21. The lowest BCUT2D eigenvalue weighted by molar-refractivity contribution is 0.596. The van der Waals surface area contributed by atoms with Crippen molar-refractivity contribution in [2.75, 3.05) is 0 Å². The summed E-state index contributed by atoms with van der Waals surface area (Å²) < 4.78 is 25.4. The first kappa shape index (κ1) is 13.3. The molecule has 0 aliphatic heterocycles. The summed E-state index contributed by atoms with van der Waals surface area (Å²) in [5.41, 5.74) is 6.38. The average Bonchev–Trinajstić information content (AvgIpc) is 2.19. The maximum Gasteiger partial charge on any atom is 0.131 e. The van der Waals surface area contributed by atoms with E-state index in [-0.39, 0.29) is 22.9 Å². The molecule has 0 radical (unpaired) electrons. The van der Waals surface area contributed by atoms with Crippen molar-refractivity contribution in [2.45, 2.75) is 37.8 Å². The predicted octanol–water partition coefficient (Wildman–Crippen LogP) is 2.33. The van der Waals surface area contributed by atoms with Gasteiger partial charge in [0.05, 0.1) is 5.75 Å². The molecule has 0 bridgehead atoms. The molecule has 2 nitrogen and oxygen atoms in total. The molecule has 2 N–H and O–H groups in total. The molecule has 0 heterocycles. The molecule has 1 aromatic rings. The van der Waals surface area contributed by atoms with E-state index in [9.17, 15) is 8.60 Å². The Balaban J connectivity index is 2.94. The normalized spacial score (nSPS) is 13.8. The predicted molar refractivity (Wildman–Crippen MR) is 65.9 cm³/mol. The summed E-state index contributed by atoms with van der Waals surface area (Å²) in [7, 11) is -1.09. The minimum atomic E-state index is -1.09. The molecular weight excluding hydrogens is 225 g/mol. The highest BCUT2D eigenvalue weighted by Crippen LogP contribution is 2.19. The van der Waals surface area contributed by atoms with Crippen molar-refractivity contribution in [1.29, 1.82) is 0 Å². The molecule has 0 aromatic heterocycles. The molecule has 0 saturated heterocycles. The van der Waals surface area contributed by atoms with Crippen molar-refractivity contribution in [3.63, 3.8) is 0 Å². The Morgan fingerprint density at radius 3 is 2.38 bits per heavy atom. The van der Waals surface area contributed by atoms with Crippen LogP contribution < -0.4 is 5.73 Å². The van der Waals surface area contributed by atoms with Gasteiger partial charge in [-0.2, -0.15) is 0 Å². The third-order valence-electron chi connectivity index (χ3n) is 2.35. The first-order chi connectivity index (χ1) is 7.36. The lowest BCUT2D eigenvalue weighted by Gasteiger charge is -2.18. The van der Waals surface area contributed by atoms with Crippen molar-refractivity contribution < 1.29 is 8.60 Å². The molecule has 0 fully saturated rings. The van der Waals surface area contributed by atoms with Gasteiger partial charge in [0.25, 0.3) is 0 Å². The summed E-state index contributed by atoms with van der Waals surface area (Å²) >= 11 is 0. The SMILES string of the molecule is CC(C)(C)S(=O)Cc1cccc(CN)c1F. The van der Waals surface area contributed by atoms with E-state index in [2.05, 4.69) is 0 Å². The van der Waals surface area contributed by atoms with E-state index in [1.165, 1.54) is 0 Å². The van der Waals surface area contributed by atoms with Gasteiger partial charge in [-0.15, -0.1) is 0 Å². The van der Waals surface area contributed by atoms with Gasteiger partial charge in [-0.25, -0.2) is 4.39 Å². The Morgan fingerprint density at radius 2 is 1.88 bits per heavy atom. The van der Waals surface area contributed by atoms with Crippen LogP contribution in [0.25, 0.3) is 0 Å². The smallest absolute Gasteiger partial charge is 0.131 e. The fourth-order valence-corrected chi connectivity index (χ4v) is 2.20. The minimum Gasteiger partial charge on any atom is -0.326 e. The minimum absolute atomic E-state index is 0.168. The van der Waals surface area contributed by atoms with E-state index in [0.717, 1.165) is 0 Å². The lowest BCUT2D eigenvalue weighted by atomic mass is 10.1. The van der Waals surface area contributed by atoms with Crippen LogP contribution in [0.1, 0.15) is 31.9 Å². The van der Waals surface area contributed by atoms with Crippen molar-refractivity contribution in [3.8, 4) is 0 Å². The molecule has 1 aromatic carbocycles. The van der Waals surface area contributed by atoms with E-state index in [0.29, 0.717) is 11.1 Å². The maximum absolute atomic E-state index is 13.8. The molecule has 0 aliphatic carbocycles. The number of nitrogens with two attached hydrogens (primary N) is 1. The van der Waals surface area contributed by atoms with Gasteiger partial charge < -0.3 is 5.73 Å². The van der Waals surface area contributed by atoms with Crippen molar-refractivity contribution >= 4 is 10.8 Å². The zero-order chi connectivity index (χ0) is 12.3. The van der Waals surface area contributed by atoms with Gasteiger partial charge in [-0.3, -0.25) is 4.21 Å². The van der Waals surface area contributed by atoms with Crippen LogP contribution in [0.4, 0.5) is 4.39 Å². The first-order valence-corrected chi connectivity index (χ1v) is 6.53. The molecule has 1 unspecified atom stereocenters. The summed E-state index contributed by atoms with van der Waals surface area (Å²) in [6, 6.07) is 5.07. The summed E-state index contributed by atoms with van der Waals surface area (Å²) in [6.07, 6.45) is 0. The second-order valence-electron chi connectivity index (χ2n) is 4.70. The van der Waals surface area contributed by atoms with E-state index in [1.54, 1.807) is 18.2 Å². The maximum atomic E-state index is 13.8. The molecule has 1 rings (SSSR count). The summed E-state index contributed by atoms with van der Waals surface area (Å²) in [4.78, 5) is 0. The molecule has 0 amide bonds. The second kappa shape index (κ2) is 5.06. The fourth-order valence-electron chi connectivity index (χ4n) is 1.26. The Morgan fingerprint density at radius 1 is 1.31 bits per heavy atom. The van der Waals surface area contributed by atoms with E-state index >= 15 is 0 Å². The van der Waals surface area contributed by atoms with Crippen molar-refractivity contribution in [1.82, 2.24) is 0 Å². The van der Waals surface area contributed by atoms with Crippen LogP contribution in [0.5, 0.6) is 0 Å². The van der Waals surface area contributed by atoms with Crippen LogP contribution in [0.15, 0.2) is 18.2 Å². The average molecular weight is 243 g/mol. The summed E-state index contributed by atoms with van der Waals surface area (Å²) in [5.74, 6) is -0.0778. The quantitative estimate of drug-likeness (QED) is 0.885. The third kappa shape index (κ3) is 3.12. The molecule has 0 spiro atoms. The van der Waals surface area contributed by atoms with Gasteiger partial charge in [-0.1, -0.05) is 18.2 Å². The Bertz CT molecular complexity index is 398. The molecule has 0 saturated carbocycles. The standard InChI is InChI=1S/C12H18FNOS/c1-12(2,3)16(15)8-10-6-4-5-9(7-14)11(10)13/h4-6H,7-8,14H2,1-3H3. The highest BCUT2D eigenvalue weighted by atomic mass is 32.2. The van der Waals surface area contributed by atoms with Gasteiger partial charge in [0.2, 0.25) is 0 Å². The summed E-state index contributed by atoms with van der Waals surface area (Å²) in [6.45, 7) is 5.82. The fraction of sp³-hybridized carbons (Fsp3) is 0.500. The lowest BCUT2D eigenvalue weighted by Crippen LogP contribution is -2.23. The summed E-state index contributed by atoms with van der Waals surface area (Å²) in [5, 5.41) is 0. The molecule has 16 heavy (non-hydrogen) atoms. The van der Waals surface area contributed by atoms with Crippen LogP contribution in [0.2, 0.25) is 0 Å². The van der Waals surface area contributed by atoms with Crippen LogP contribution in [0.3, 0.4) is 0 Å². The van der Waals surface area contributed by atoms with Crippen molar-refractivity contribution in [2.24, 2.45) is 5.73 Å². The third-order valence-corrected chi connectivity index (χ3v) is 4.29. The highest BCUT2D eigenvalue weighted by molar-refractivity contribution is 7.85. The van der Waals surface area contributed by atoms with Crippen LogP contribution >= 0.6 is 0 Å². The van der Waals surface area contributed by atoms with Crippen LogP contribution in [-0.2, 0) is 23.1 Å². The topological polar surface area (TPSA) is 43.1 Å². The second-order valence-corrected chi connectivity index (χ2v) is 6.90. The largest absolute Gasteiger partial charge is 0.326 e. The Hall–Kier alpha value is -0.740. The zero-order valence-corrected chi connectivity index (χ0v) is 10.7. The highest BCUT2D eigenvalue weighted by Gasteiger charge is 2.21. The van der Waals surface area contributed by atoms with Crippen molar-refractivity contribution in [3.05, 3.63) is 35.1 Å². The van der Waals surface area contributed by atoms with Gasteiger partial charge in [0, 0.05) is 33.2 Å². The molecular formula is C12H18FNOS. The van der Waals surface area contributed by atoms with Gasteiger partial charge in [0.15, 0.2) is 0 Å². The van der Waals surface area contributed by atoms with Gasteiger partial charge in [0.1, 0.15) is 5.82 Å². The molecule has 1 atom stereocenters. The Kier molecular flexibility index (Phi) is 4.21. The number of hydrogen-bond donors (Lipinski definition) is 1. The van der Waals surface area contributed by atoms with E-state index in [1.807, 2.05) is 20.8 Å². The molecule has 90 valence electrons.